The first kappa shape index (κ1) is 16.8. The number of nitrogens with zero attached hydrogens (tertiary/aromatic N) is 4. The molecule has 134 valence electrons. The van der Waals surface area contributed by atoms with Crippen LogP contribution in [0.1, 0.15) is 11.3 Å². The third-order valence-corrected chi connectivity index (χ3v) is 4.64. The van der Waals surface area contributed by atoms with E-state index in [-0.39, 0.29) is 11.3 Å². The highest BCUT2D eigenvalue weighted by molar-refractivity contribution is 5.95. The Morgan fingerprint density at radius 2 is 1.85 bits per heavy atom. The summed E-state index contributed by atoms with van der Waals surface area (Å²) in [7, 11) is 1.82. The fourth-order valence-electron chi connectivity index (χ4n) is 3.09. The zero-order valence-corrected chi connectivity index (χ0v) is 15.0. The van der Waals surface area contributed by atoms with Crippen LogP contribution in [0.25, 0.3) is 16.6 Å². The Bertz CT molecular complexity index is 1220. The first-order valence-electron chi connectivity index (χ1n) is 8.52. The minimum atomic E-state index is -0.212. The number of pyridine rings is 1. The molecule has 0 bridgehead atoms. The lowest BCUT2D eigenvalue weighted by molar-refractivity contribution is 0.479. The van der Waals surface area contributed by atoms with Crippen molar-refractivity contribution in [3.8, 4) is 11.4 Å². The molecule has 6 heteroatoms. The monoisotopic (exact) mass is 358 g/mol. The van der Waals surface area contributed by atoms with E-state index in [9.17, 15) is 9.90 Å². The molecular weight excluding hydrogens is 340 g/mol. The minimum Gasteiger partial charge on any atom is -0.505 e. The smallest absolute Gasteiger partial charge is 0.297 e. The highest BCUT2D eigenvalue weighted by Gasteiger charge is 2.15. The molecule has 0 aliphatic heterocycles. The van der Waals surface area contributed by atoms with Gasteiger partial charge in [-0.15, -0.1) is 0 Å². The molecule has 0 unspecified atom stereocenters. The maximum absolute atomic E-state index is 12.9. The van der Waals surface area contributed by atoms with Crippen molar-refractivity contribution in [3.05, 3.63) is 82.4 Å². The number of phenolic OH excluding ortho intramolecular Hbond substituents is 1. The quantitative estimate of drug-likeness (QED) is 0.570. The van der Waals surface area contributed by atoms with Crippen molar-refractivity contribution in [2.75, 3.05) is 0 Å². The number of fused-ring (bicyclic) bond motifs is 1. The first-order valence-corrected chi connectivity index (χ1v) is 8.52. The topological polar surface area (TPSA) is 72.4 Å². The Kier molecular flexibility index (Phi) is 4.08. The molecule has 2 aromatic carbocycles. The van der Waals surface area contributed by atoms with Gasteiger partial charge in [-0.1, -0.05) is 30.3 Å². The number of aromatic nitrogens is 3. The van der Waals surface area contributed by atoms with E-state index in [1.165, 1.54) is 6.21 Å². The zero-order chi connectivity index (χ0) is 19.0. The summed E-state index contributed by atoms with van der Waals surface area (Å²) in [6.45, 7) is 1.84. The van der Waals surface area contributed by atoms with Gasteiger partial charge in [0, 0.05) is 30.4 Å². The number of rotatable bonds is 3. The lowest BCUT2D eigenvalue weighted by Gasteiger charge is -2.07. The van der Waals surface area contributed by atoms with Crippen LogP contribution in [0.4, 0.5) is 5.69 Å². The molecule has 0 radical (unpaired) electrons. The van der Waals surface area contributed by atoms with Crippen molar-refractivity contribution in [1.82, 2.24) is 14.3 Å². The van der Waals surface area contributed by atoms with Gasteiger partial charge in [0.05, 0.1) is 11.4 Å². The lowest BCUT2D eigenvalue weighted by Crippen LogP contribution is -2.19. The number of phenols is 1. The number of aromatic hydroxyl groups is 1. The van der Waals surface area contributed by atoms with E-state index < -0.39 is 0 Å². The Morgan fingerprint density at radius 3 is 2.63 bits per heavy atom. The molecule has 27 heavy (non-hydrogen) atoms. The zero-order valence-electron chi connectivity index (χ0n) is 15.0. The summed E-state index contributed by atoms with van der Waals surface area (Å²) in [5.41, 5.74) is 2.64. The highest BCUT2D eigenvalue weighted by atomic mass is 16.3. The van der Waals surface area contributed by atoms with Gasteiger partial charge in [0.1, 0.15) is 5.52 Å². The molecule has 0 spiro atoms. The van der Waals surface area contributed by atoms with Gasteiger partial charge >= 0.3 is 0 Å². The molecule has 0 atom stereocenters. The second-order valence-corrected chi connectivity index (χ2v) is 6.25. The first-order chi connectivity index (χ1) is 13.1. The van der Waals surface area contributed by atoms with E-state index in [0.717, 1.165) is 16.8 Å². The van der Waals surface area contributed by atoms with Crippen molar-refractivity contribution in [3.63, 3.8) is 0 Å². The van der Waals surface area contributed by atoms with E-state index in [2.05, 4.69) is 9.98 Å². The predicted octanol–water partition coefficient (Wildman–Crippen LogP) is 3.49. The van der Waals surface area contributed by atoms with Gasteiger partial charge in [-0.3, -0.25) is 14.5 Å². The van der Waals surface area contributed by atoms with E-state index >= 15 is 0 Å². The van der Waals surface area contributed by atoms with Gasteiger partial charge in [0.15, 0.2) is 11.4 Å². The maximum atomic E-state index is 12.9. The minimum absolute atomic E-state index is 0.0498. The fourth-order valence-corrected chi connectivity index (χ4v) is 3.09. The third-order valence-electron chi connectivity index (χ3n) is 4.64. The number of hydrogen-bond acceptors (Lipinski definition) is 4. The summed E-state index contributed by atoms with van der Waals surface area (Å²) >= 11 is 0. The fraction of sp³-hybridized carbons (Fsp3) is 0.0952. The molecule has 6 nitrogen and oxygen atoms in total. The normalized spacial score (nSPS) is 11.5. The van der Waals surface area contributed by atoms with E-state index in [0.29, 0.717) is 16.8 Å². The van der Waals surface area contributed by atoms with Crippen LogP contribution in [0, 0.1) is 6.92 Å². The SMILES string of the molecule is Cc1c(N=Cc2ccc3cccnc3c2O)c(=O)n(-c2ccccc2)n1C. The van der Waals surface area contributed by atoms with Crippen molar-refractivity contribution in [2.45, 2.75) is 6.92 Å². The Morgan fingerprint density at radius 1 is 1.07 bits per heavy atom. The average molecular weight is 358 g/mol. The molecule has 2 heterocycles. The van der Waals surface area contributed by atoms with Crippen molar-refractivity contribution in [1.29, 1.82) is 0 Å². The van der Waals surface area contributed by atoms with Crippen LogP contribution in [0.2, 0.25) is 0 Å². The van der Waals surface area contributed by atoms with Gasteiger partial charge in [-0.2, -0.15) is 0 Å². The molecule has 0 fully saturated rings. The van der Waals surface area contributed by atoms with Crippen molar-refractivity contribution >= 4 is 22.8 Å². The molecule has 0 amide bonds. The number of hydrogen-bond donors (Lipinski definition) is 1. The average Bonchev–Trinajstić information content (AvgIpc) is 2.91. The van der Waals surface area contributed by atoms with Crippen LogP contribution in [0.5, 0.6) is 5.75 Å². The van der Waals surface area contributed by atoms with E-state index in [4.69, 9.17) is 0 Å². The molecule has 4 rings (SSSR count). The molecule has 0 aliphatic rings. The number of para-hydroxylation sites is 1. The summed E-state index contributed by atoms with van der Waals surface area (Å²) in [5.74, 6) is 0.0498. The Balaban J connectivity index is 1.80. The maximum Gasteiger partial charge on any atom is 0.297 e. The standard InChI is InChI=1S/C21H18N4O2/c1-14-18(21(27)25(24(14)2)17-8-4-3-5-9-17)23-13-16-11-10-15-7-6-12-22-19(15)20(16)26/h3-13,26H,1-2H3. The summed E-state index contributed by atoms with van der Waals surface area (Å²) in [6, 6.07) is 16.7. The Labute approximate surface area is 155 Å². The second-order valence-electron chi connectivity index (χ2n) is 6.25. The van der Waals surface area contributed by atoms with Crippen LogP contribution < -0.4 is 5.56 Å². The largest absolute Gasteiger partial charge is 0.505 e. The van der Waals surface area contributed by atoms with E-state index in [1.54, 1.807) is 21.6 Å². The molecule has 1 N–H and O–H groups in total. The number of benzene rings is 2. The van der Waals surface area contributed by atoms with Crippen molar-refractivity contribution < 1.29 is 5.11 Å². The van der Waals surface area contributed by atoms with Gasteiger partial charge in [-0.25, -0.2) is 9.67 Å². The summed E-state index contributed by atoms with van der Waals surface area (Å²) < 4.78 is 3.34. The van der Waals surface area contributed by atoms with Gasteiger partial charge in [0.2, 0.25) is 0 Å². The molecule has 0 saturated carbocycles. The number of aliphatic imine (C=N–C) groups is 1. The third kappa shape index (κ3) is 2.81. The van der Waals surface area contributed by atoms with Gasteiger partial charge < -0.3 is 5.11 Å². The molecule has 2 aromatic heterocycles. The Hall–Kier alpha value is -3.67. The van der Waals surface area contributed by atoms with Crippen LogP contribution in [0.3, 0.4) is 0 Å². The summed E-state index contributed by atoms with van der Waals surface area (Å²) in [4.78, 5) is 21.5. The van der Waals surface area contributed by atoms with Gasteiger partial charge in [-0.05, 0) is 31.2 Å². The van der Waals surface area contributed by atoms with Crippen LogP contribution in [-0.2, 0) is 7.05 Å². The second kappa shape index (κ2) is 6.57. The predicted molar refractivity (Wildman–Crippen MR) is 106 cm³/mol. The van der Waals surface area contributed by atoms with Crippen LogP contribution >= 0.6 is 0 Å². The molecular formula is C21H18N4O2. The van der Waals surface area contributed by atoms with Crippen LogP contribution in [-0.4, -0.2) is 25.7 Å². The van der Waals surface area contributed by atoms with E-state index in [1.807, 2.05) is 62.5 Å². The lowest BCUT2D eigenvalue weighted by atomic mass is 10.1. The summed E-state index contributed by atoms with van der Waals surface area (Å²) in [5, 5.41) is 11.3. The molecule has 0 aliphatic carbocycles. The molecule has 4 aromatic rings. The van der Waals surface area contributed by atoms with Crippen molar-refractivity contribution in [2.24, 2.45) is 12.0 Å². The summed E-state index contributed by atoms with van der Waals surface area (Å²) in [6.07, 6.45) is 3.13. The van der Waals surface area contributed by atoms with Crippen LogP contribution in [0.15, 0.2) is 70.6 Å². The molecule has 0 saturated heterocycles. The highest BCUT2D eigenvalue weighted by Crippen LogP contribution is 2.26. The van der Waals surface area contributed by atoms with Gasteiger partial charge in [0.25, 0.3) is 5.56 Å².